The molecule has 0 aromatic heterocycles. The minimum atomic E-state index is 0.674. The quantitative estimate of drug-likeness (QED) is 0.506. The number of thioether (sulfide) groups is 1. The van der Waals surface area contributed by atoms with E-state index in [1.54, 1.807) is 0 Å². The standard InChI is InChI=1S/C12H14N2S2/c1-10(13-14-12(15)16-2)8-9-11-6-4-3-5-7-11/h3-9H,1-2H3,(H,14,15)/b9-8-,13-10+. The number of thiocarbonyl (C=S) groups is 1. The zero-order valence-electron chi connectivity index (χ0n) is 9.31. The van der Waals surface area contributed by atoms with Crippen LogP contribution in [0.1, 0.15) is 12.5 Å². The lowest BCUT2D eigenvalue weighted by Crippen LogP contribution is -2.11. The molecule has 0 bridgehead atoms. The molecule has 1 rings (SSSR count). The average molecular weight is 250 g/mol. The maximum Gasteiger partial charge on any atom is 0.153 e. The van der Waals surface area contributed by atoms with E-state index in [0.717, 1.165) is 11.3 Å². The predicted octanol–water partition coefficient (Wildman–Crippen LogP) is 3.31. The second kappa shape index (κ2) is 7.19. The smallest absolute Gasteiger partial charge is 0.153 e. The fraction of sp³-hybridized carbons (Fsp3) is 0.167. The Morgan fingerprint density at radius 1 is 1.38 bits per heavy atom. The van der Waals surface area contributed by atoms with Crippen molar-refractivity contribution < 1.29 is 0 Å². The molecule has 84 valence electrons. The van der Waals surface area contributed by atoms with E-state index in [0.29, 0.717) is 4.32 Å². The normalized spacial score (nSPS) is 11.8. The first-order chi connectivity index (χ1) is 7.72. The van der Waals surface area contributed by atoms with Crippen LogP contribution in [0.2, 0.25) is 0 Å². The van der Waals surface area contributed by atoms with Crippen molar-refractivity contribution in [3.8, 4) is 0 Å². The molecule has 2 nitrogen and oxygen atoms in total. The van der Waals surface area contributed by atoms with E-state index < -0.39 is 0 Å². The fourth-order valence-electron chi connectivity index (χ4n) is 0.998. The van der Waals surface area contributed by atoms with Gasteiger partial charge in [0.05, 0.1) is 5.71 Å². The zero-order chi connectivity index (χ0) is 11.8. The van der Waals surface area contributed by atoms with E-state index in [1.165, 1.54) is 11.8 Å². The van der Waals surface area contributed by atoms with Gasteiger partial charge in [0.2, 0.25) is 0 Å². The molecular weight excluding hydrogens is 236 g/mol. The monoisotopic (exact) mass is 250 g/mol. The Labute approximate surface area is 106 Å². The molecule has 0 heterocycles. The van der Waals surface area contributed by atoms with Crippen LogP contribution in [0.5, 0.6) is 0 Å². The van der Waals surface area contributed by atoms with Crippen molar-refractivity contribution in [1.82, 2.24) is 5.43 Å². The molecule has 0 saturated carbocycles. The first kappa shape index (κ1) is 12.9. The van der Waals surface area contributed by atoms with Crippen LogP contribution in [0.25, 0.3) is 6.08 Å². The van der Waals surface area contributed by atoms with Gasteiger partial charge in [-0.1, -0.05) is 60.4 Å². The van der Waals surface area contributed by atoms with Gasteiger partial charge in [-0.3, -0.25) is 5.43 Å². The molecule has 0 spiro atoms. The van der Waals surface area contributed by atoms with Gasteiger partial charge in [0.25, 0.3) is 0 Å². The van der Waals surface area contributed by atoms with Crippen molar-refractivity contribution in [3.63, 3.8) is 0 Å². The highest BCUT2D eigenvalue weighted by molar-refractivity contribution is 8.22. The summed E-state index contributed by atoms with van der Waals surface area (Å²) in [5, 5.41) is 4.13. The summed E-state index contributed by atoms with van der Waals surface area (Å²) >= 11 is 6.44. The van der Waals surface area contributed by atoms with Crippen LogP contribution < -0.4 is 5.43 Å². The summed E-state index contributed by atoms with van der Waals surface area (Å²) in [6.45, 7) is 1.93. The summed E-state index contributed by atoms with van der Waals surface area (Å²) in [7, 11) is 0. The molecule has 1 aromatic carbocycles. The highest BCUT2D eigenvalue weighted by Crippen LogP contribution is 2.01. The maximum atomic E-state index is 4.97. The Kier molecular flexibility index (Phi) is 5.82. The van der Waals surface area contributed by atoms with Gasteiger partial charge in [0, 0.05) is 0 Å². The van der Waals surface area contributed by atoms with E-state index in [2.05, 4.69) is 10.5 Å². The van der Waals surface area contributed by atoms with Crippen LogP contribution in [-0.4, -0.2) is 16.3 Å². The molecule has 16 heavy (non-hydrogen) atoms. The van der Waals surface area contributed by atoms with Crippen molar-refractivity contribution in [2.45, 2.75) is 6.92 Å². The van der Waals surface area contributed by atoms with Gasteiger partial charge in [-0.2, -0.15) is 5.10 Å². The highest BCUT2D eigenvalue weighted by Gasteiger charge is 1.89. The number of rotatable bonds is 3. The Morgan fingerprint density at radius 3 is 2.69 bits per heavy atom. The lowest BCUT2D eigenvalue weighted by atomic mass is 10.2. The van der Waals surface area contributed by atoms with Gasteiger partial charge in [-0.15, -0.1) is 0 Å². The van der Waals surface area contributed by atoms with Crippen molar-refractivity contribution in [1.29, 1.82) is 0 Å². The van der Waals surface area contributed by atoms with E-state index in [4.69, 9.17) is 12.2 Å². The largest absolute Gasteiger partial charge is 0.262 e. The molecule has 0 amide bonds. The van der Waals surface area contributed by atoms with Crippen LogP contribution in [0.15, 0.2) is 41.5 Å². The van der Waals surface area contributed by atoms with Gasteiger partial charge < -0.3 is 0 Å². The first-order valence-corrected chi connectivity index (χ1v) is 6.47. The van der Waals surface area contributed by atoms with Gasteiger partial charge >= 0.3 is 0 Å². The molecule has 1 N–H and O–H groups in total. The minimum Gasteiger partial charge on any atom is -0.262 e. The van der Waals surface area contributed by atoms with Gasteiger partial charge in [0.1, 0.15) is 0 Å². The summed E-state index contributed by atoms with van der Waals surface area (Å²) in [6, 6.07) is 10.1. The highest BCUT2D eigenvalue weighted by atomic mass is 32.2. The second-order valence-corrected chi connectivity index (χ2v) is 4.58. The molecule has 0 atom stereocenters. The lowest BCUT2D eigenvalue weighted by molar-refractivity contribution is 1.06. The third-order valence-electron chi connectivity index (χ3n) is 1.83. The number of hydrogen-bond donors (Lipinski definition) is 1. The molecule has 0 saturated heterocycles. The summed E-state index contributed by atoms with van der Waals surface area (Å²) in [4.78, 5) is 0. The second-order valence-electron chi connectivity index (χ2n) is 3.10. The Morgan fingerprint density at radius 2 is 2.06 bits per heavy atom. The zero-order valence-corrected chi connectivity index (χ0v) is 10.9. The van der Waals surface area contributed by atoms with Gasteiger partial charge in [-0.25, -0.2) is 0 Å². The van der Waals surface area contributed by atoms with Crippen LogP contribution >= 0.6 is 24.0 Å². The predicted molar refractivity (Wildman–Crippen MR) is 77.8 cm³/mol. The van der Waals surface area contributed by atoms with Crippen LogP contribution in [0.3, 0.4) is 0 Å². The van der Waals surface area contributed by atoms with E-state index in [9.17, 15) is 0 Å². The number of nitrogens with one attached hydrogen (secondary N) is 1. The number of nitrogens with zero attached hydrogens (tertiary/aromatic N) is 1. The molecular formula is C12H14N2S2. The molecule has 0 fully saturated rings. The first-order valence-electron chi connectivity index (χ1n) is 4.84. The molecule has 0 unspecified atom stereocenters. The lowest BCUT2D eigenvalue weighted by Gasteiger charge is -1.98. The number of benzene rings is 1. The summed E-state index contributed by atoms with van der Waals surface area (Å²) in [5.41, 5.74) is 4.85. The topological polar surface area (TPSA) is 24.4 Å². The fourth-order valence-corrected chi connectivity index (χ4v) is 1.18. The molecule has 0 aliphatic rings. The van der Waals surface area contributed by atoms with Crippen LogP contribution in [0.4, 0.5) is 0 Å². The van der Waals surface area contributed by atoms with Gasteiger partial charge in [0.15, 0.2) is 4.32 Å². The van der Waals surface area contributed by atoms with E-state index >= 15 is 0 Å². The van der Waals surface area contributed by atoms with Crippen LogP contribution in [-0.2, 0) is 0 Å². The molecule has 1 aromatic rings. The molecule has 0 radical (unpaired) electrons. The van der Waals surface area contributed by atoms with Crippen LogP contribution in [0, 0.1) is 0 Å². The van der Waals surface area contributed by atoms with Crippen molar-refractivity contribution >= 4 is 40.1 Å². The maximum absolute atomic E-state index is 4.97. The average Bonchev–Trinajstić information content (AvgIpc) is 2.34. The number of allylic oxidation sites excluding steroid dienone is 1. The molecule has 0 aliphatic carbocycles. The summed E-state index contributed by atoms with van der Waals surface area (Å²) < 4.78 is 0.674. The Hall–Kier alpha value is -1.13. The van der Waals surface area contributed by atoms with Crippen molar-refractivity contribution in [2.75, 3.05) is 6.26 Å². The Bertz CT molecular complexity index is 397. The van der Waals surface area contributed by atoms with Gasteiger partial charge in [-0.05, 0) is 24.8 Å². The van der Waals surface area contributed by atoms with Crippen molar-refractivity contribution in [2.24, 2.45) is 5.10 Å². The SMILES string of the molecule is CSC(=S)N/N=C(C)/C=C\c1ccccc1. The molecule has 0 aliphatic heterocycles. The van der Waals surface area contributed by atoms with Crippen molar-refractivity contribution in [3.05, 3.63) is 42.0 Å². The summed E-state index contributed by atoms with van der Waals surface area (Å²) in [5.74, 6) is 0. The third kappa shape index (κ3) is 5.09. The van der Waals surface area contributed by atoms with E-state index in [-0.39, 0.29) is 0 Å². The summed E-state index contributed by atoms with van der Waals surface area (Å²) in [6.07, 6.45) is 5.88. The third-order valence-corrected chi connectivity index (χ3v) is 2.88. The van der Waals surface area contributed by atoms with E-state index in [1.807, 2.05) is 55.7 Å². The minimum absolute atomic E-state index is 0.674. The Balaban J connectivity index is 2.54. The molecule has 4 heteroatoms. The number of hydrogen-bond acceptors (Lipinski definition) is 3. The number of hydrazone groups is 1.